The molecule has 0 spiro atoms. The Labute approximate surface area is 63.9 Å². The summed E-state index contributed by atoms with van der Waals surface area (Å²) < 4.78 is 0. The number of aromatic hydroxyl groups is 1. The predicted octanol–water partition coefficient (Wildman–Crippen LogP) is 0.697. The topological polar surface area (TPSA) is 57.5 Å². The molecule has 0 aliphatic heterocycles. The zero-order valence-electron chi connectivity index (χ0n) is 6.53. The number of benzene rings is 1. The molecule has 0 radical (unpaired) electrons. The molecule has 0 aliphatic rings. The molecule has 0 amide bonds. The van der Waals surface area contributed by atoms with Gasteiger partial charge in [0.25, 0.3) is 0 Å². The van der Waals surface area contributed by atoms with Gasteiger partial charge in [-0.05, 0) is 17.7 Å². The zero-order valence-corrected chi connectivity index (χ0v) is 13.0. The first kappa shape index (κ1) is 9.65. The van der Waals surface area contributed by atoms with Crippen molar-refractivity contribution >= 4 is 6.29 Å². The summed E-state index contributed by atoms with van der Waals surface area (Å²) in [5.41, 5.74) is 0.829. The molecule has 1 aromatic rings. The molecule has 0 saturated carbocycles. The number of hydrogen-bond acceptors (Lipinski definition) is 3. The molecule has 2 N–H and O–H groups in total. The van der Waals surface area contributed by atoms with Crippen LogP contribution in [-0.2, 0) is 6.61 Å². The monoisotopic (exact) mass is 423 g/mol. The van der Waals surface area contributed by atoms with Gasteiger partial charge in [-0.2, -0.15) is 0 Å². The van der Waals surface area contributed by atoms with Gasteiger partial charge in [-0.1, -0.05) is 6.07 Å². The fourth-order valence-electron chi connectivity index (χ4n) is 0.787. The van der Waals surface area contributed by atoms with Crippen LogP contribution < -0.4 is 0 Å². The van der Waals surface area contributed by atoms with E-state index in [9.17, 15) is 4.79 Å². The standard InChI is InChI=1S/C8H8O3.Sg/c9-4-6-1-2-7(5-10)8(11)3-6;/h1-3,5,9,11H,4H2;. The van der Waals surface area contributed by atoms with Crippen LogP contribution in [0.25, 0.3) is 0 Å². The second-order valence-electron chi connectivity index (χ2n) is 2.17. The molecule has 0 heterocycles. The van der Waals surface area contributed by atoms with Crippen molar-refractivity contribution < 1.29 is 15.0 Å². The zero-order chi connectivity index (χ0) is 8.27. The second kappa shape index (κ2) is 3.73. The maximum atomic E-state index is 10.2. The molecular weight excluding hydrogens is 413 g/mol. The van der Waals surface area contributed by atoms with Gasteiger partial charge in [-0.3, -0.25) is 4.79 Å². The number of aldehydes is 1. The minimum atomic E-state index is -0.132. The molecule has 0 aliphatic carbocycles. The van der Waals surface area contributed by atoms with E-state index in [1.165, 1.54) is 12.1 Å². The molecule has 0 atom stereocenters. The van der Waals surface area contributed by atoms with Crippen LogP contribution in [0.4, 0.5) is 0 Å². The van der Waals surface area contributed by atoms with Gasteiger partial charge in [0.1, 0.15) is 5.75 Å². The van der Waals surface area contributed by atoms with E-state index in [2.05, 4.69) is 0 Å². The summed E-state index contributed by atoms with van der Waals surface area (Å²) in [7, 11) is 0. The summed E-state index contributed by atoms with van der Waals surface area (Å²) in [4.78, 5) is 10.2. The van der Waals surface area contributed by atoms with E-state index in [0.29, 0.717) is 11.8 Å². The molecule has 0 saturated heterocycles. The minimum Gasteiger partial charge on any atom is -0.507 e. The molecule has 60 valence electrons. The number of carbonyl (C=O) groups is 1. The third-order valence-electron chi connectivity index (χ3n) is 1.40. The van der Waals surface area contributed by atoms with Crippen LogP contribution in [0.3, 0.4) is 0 Å². The number of hydrogen-bond donors (Lipinski definition) is 2. The number of phenolic OH excluding ortho intramolecular Hbond substituents is 1. The van der Waals surface area contributed by atoms with Crippen molar-refractivity contribution in [3.05, 3.63) is 29.3 Å². The van der Waals surface area contributed by atoms with E-state index < -0.39 is 0 Å². The average molecular weight is 421 g/mol. The molecule has 0 unspecified atom stereocenters. The van der Waals surface area contributed by atoms with E-state index in [-0.39, 0.29) is 17.9 Å². The summed E-state index contributed by atoms with van der Waals surface area (Å²) in [6, 6.07) is 4.42. The van der Waals surface area contributed by atoms with Crippen LogP contribution in [0, 0.1) is 0 Å². The smallest absolute Gasteiger partial charge is 0.153 e. The van der Waals surface area contributed by atoms with Gasteiger partial charge in [0.15, 0.2) is 6.29 Å². The van der Waals surface area contributed by atoms with Crippen LogP contribution in [0.15, 0.2) is 18.2 Å². The SMILES string of the molecule is O=Cc1ccc(CO)cc1O.[Sg]. The maximum absolute atomic E-state index is 10.2. The van der Waals surface area contributed by atoms with E-state index in [0.717, 1.165) is 0 Å². The first-order valence-electron chi connectivity index (χ1n) is 3.16. The third kappa shape index (κ3) is 1.58. The van der Waals surface area contributed by atoms with Gasteiger partial charge in [0.05, 0.1) is 12.2 Å². The van der Waals surface area contributed by atoms with E-state index in [4.69, 9.17) is 10.2 Å². The number of aliphatic hydroxyl groups is 1. The van der Waals surface area contributed by atoms with Gasteiger partial charge in [-0.15, -0.1) is 0 Å². The van der Waals surface area contributed by atoms with Crippen molar-refractivity contribution in [2.75, 3.05) is 0 Å². The Balaban J connectivity index is 0.00000121. The number of phenols is 1. The Hall–Kier alpha value is -2.35. The summed E-state index contributed by atoms with van der Waals surface area (Å²) in [6.45, 7) is -0.132. The largest absolute Gasteiger partial charge is 0.507 e. The molecule has 1 rings (SSSR count). The second-order valence-corrected chi connectivity index (χ2v) is 2.17. The fourth-order valence-corrected chi connectivity index (χ4v) is 0.787. The van der Waals surface area contributed by atoms with Gasteiger partial charge in [0, 0.05) is 0 Å². The molecular formula is C8H8O3Sg. The van der Waals surface area contributed by atoms with Crippen molar-refractivity contribution in [1.82, 2.24) is 0 Å². The normalized spacial score (nSPS) is 8.75. The van der Waals surface area contributed by atoms with Crippen LogP contribution in [0.2, 0.25) is 0 Å². The molecule has 0 bridgehead atoms. The van der Waals surface area contributed by atoms with Crippen LogP contribution in [0.1, 0.15) is 15.9 Å². The molecule has 0 fully saturated rings. The Kier molecular flexibility index (Phi) is 3.00. The van der Waals surface area contributed by atoms with Crippen molar-refractivity contribution in [2.45, 2.75) is 6.61 Å². The van der Waals surface area contributed by atoms with Crippen LogP contribution in [-0.4, -0.2) is 16.5 Å². The fraction of sp³-hybridized carbons (Fsp3) is 0.125. The van der Waals surface area contributed by atoms with Gasteiger partial charge in [-0.25, -0.2) is 0 Å². The Bertz CT molecular complexity index is 273. The van der Waals surface area contributed by atoms with E-state index in [1.54, 1.807) is 6.07 Å². The molecule has 3 nitrogen and oxygen atoms in total. The number of aliphatic hydroxyl groups excluding tert-OH is 1. The van der Waals surface area contributed by atoms with Crippen molar-refractivity contribution in [1.29, 1.82) is 0 Å². The van der Waals surface area contributed by atoms with E-state index >= 15 is 0 Å². The Morgan fingerprint density at radius 1 is 1.42 bits per heavy atom. The first-order chi connectivity index (χ1) is 5.27. The quantitative estimate of drug-likeness (QED) is 0.692. The number of carbonyl (C=O) groups excluding carboxylic acids is 1. The molecule has 12 heavy (non-hydrogen) atoms. The first-order valence-corrected chi connectivity index (χ1v) is 3.16. The summed E-state index contributed by atoms with van der Waals surface area (Å²) in [6.07, 6.45) is 0.566. The number of rotatable bonds is 2. The summed E-state index contributed by atoms with van der Waals surface area (Å²) in [5.74, 6) is -0.0912. The van der Waals surface area contributed by atoms with Crippen LogP contribution in [0.5, 0.6) is 5.75 Å². The summed E-state index contributed by atoms with van der Waals surface area (Å²) in [5, 5.41) is 17.7. The van der Waals surface area contributed by atoms with Gasteiger partial charge >= 0.3 is 0 Å². The minimum absolute atomic E-state index is 0. The Morgan fingerprint density at radius 2 is 2.08 bits per heavy atom. The van der Waals surface area contributed by atoms with Crippen molar-refractivity contribution in [2.24, 2.45) is 0 Å². The summed E-state index contributed by atoms with van der Waals surface area (Å²) >= 11 is 0. The van der Waals surface area contributed by atoms with Crippen molar-refractivity contribution in [3.8, 4) is 5.75 Å². The van der Waals surface area contributed by atoms with E-state index in [1.807, 2.05) is 0 Å². The van der Waals surface area contributed by atoms with Crippen molar-refractivity contribution in [3.63, 3.8) is 0 Å². The third-order valence-corrected chi connectivity index (χ3v) is 1.40. The molecule has 1 aromatic carbocycles. The maximum Gasteiger partial charge on any atom is 0.153 e. The van der Waals surface area contributed by atoms with Gasteiger partial charge < -0.3 is 10.2 Å². The average Bonchev–Trinajstić information content (AvgIpc) is 2.04. The Morgan fingerprint density at radius 3 is 2.50 bits per heavy atom. The van der Waals surface area contributed by atoms with Crippen LogP contribution >= 0.6 is 0 Å². The van der Waals surface area contributed by atoms with Gasteiger partial charge in [0.2, 0.25) is 0 Å². The molecule has 4 heteroatoms. The predicted molar refractivity (Wildman–Crippen MR) is 39.4 cm³/mol. The molecule has 0 aromatic heterocycles.